The Morgan fingerprint density at radius 1 is 1.20 bits per heavy atom. The van der Waals surface area contributed by atoms with E-state index in [4.69, 9.17) is 0 Å². The molecule has 0 aromatic rings. The molecule has 0 N–H and O–H groups in total. The van der Waals surface area contributed by atoms with Crippen molar-refractivity contribution in [2.24, 2.45) is 11.8 Å². The molecule has 1 fully saturated rings. The Bertz CT molecular complexity index is 392. The van der Waals surface area contributed by atoms with Crippen molar-refractivity contribution in [3.63, 3.8) is 0 Å². The number of ketones is 2. The van der Waals surface area contributed by atoms with Crippen LogP contribution in [0.15, 0.2) is 0 Å². The third-order valence-electron chi connectivity index (χ3n) is 3.63. The summed E-state index contributed by atoms with van der Waals surface area (Å²) in [5.41, 5.74) is 0. The summed E-state index contributed by atoms with van der Waals surface area (Å²) in [6, 6.07) is 0. The first kappa shape index (κ1) is 16.3. The van der Waals surface area contributed by atoms with Gasteiger partial charge in [0.15, 0.2) is 0 Å². The van der Waals surface area contributed by atoms with Crippen LogP contribution in [-0.4, -0.2) is 37.7 Å². The van der Waals surface area contributed by atoms with Gasteiger partial charge in [0.25, 0.3) is 0 Å². The highest BCUT2D eigenvalue weighted by Gasteiger charge is 2.38. The summed E-state index contributed by atoms with van der Waals surface area (Å²) in [5, 5.41) is 0. The molecule has 1 aliphatic carbocycles. The molecule has 0 heterocycles. The number of rotatable bonds is 6. The lowest BCUT2D eigenvalue weighted by Gasteiger charge is -2.28. The highest BCUT2D eigenvalue weighted by Crippen LogP contribution is 2.32. The van der Waals surface area contributed by atoms with Crippen molar-refractivity contribution in [1.82, 2.24) is 0 Å². The van der Waals surface area contributed by atoms with Crippen LogP contribution in [0.25, 0.3) is 0 Å². The highest BCUT2D eigenvalue weighted by molar-refractivity contribution is 6.00. The highest BCUT2D eigenvalue weighted by atomic mass is 16.5. The molecule has 0 saturated heterocycles. The van der Waals surface area contributed by atoms with Gasteiger partial charge in [0.2, 0.25) is 0 Å². The molecule has 0 aromatic carbocycles. The van der Waals surface area contributed by atoms with Crippen molar-refractivity contribution in [3.05, 3.63) is 0 Å². The number of hydrogen-bond acceptors (Lipinski definition) is 6. The Morgan fingerprint density at radius 3 is 2.50 bits per heavy atom. The summed E-state index contributed by atoms with van der Waals surface area (Å²) < 4.78 is 9.08. The van der Waals surface area contributed by atoms with Gasteiger partial charge in [-0.2, -0.15) is 0 Å². The number of hydrogen-bond donors (Lipinski definition) is 0. The average molecular weight is 284 g/mol. The van der Waals surface area contributed by atoms with E-state index in [0.29, 0.717) is 12.8 Å². The van der Waals surface area contributed by atoms with Gasteiger partial charge in [0, 0.05) is 12.8 Å². The van der Waals surface area contributed by atoms with Gasteiger partial charge in [-0.05, 0) is 25.2 Å². The van der Waals surface area contributed by atoms with Crippen LogP contribution in [0.4, 0.5) is 0 Å². The van der Waals surface area contributed by atoms with E-state index >= 15 is 0 Å². The first-order valence-corrected chi connectivity index (χ1v) is 6.68. The number of carbonyl (C=O) groups is 4. The molecular weight excluding hydrogens is 264 g/mol. The second-order valence-electron chi connectivity index (χ2n) is 4.95. The van der Waals surface area contributed by atoms with Gasteiger partial charge in [-0.3, -0.25) is 19.2 Å². The topological polar surface area (TPSA) is 86.7 Å². The van der Waals surface area contributed by atoms with Crippen LogP contribution in [0.3, 0.4) is 0 Å². The minimum atomic E-state index is -0.764. The van der Waals surface area contributed by atoms with E-state index in [9.17, 15) is 19.2 Å². The molecule has 6 heteroatoms. The fourth-order valence-corrected chi connectivity index (χ4v) is 2.55. The number of carbonyl (C=O) groups excluding carboxylic acids is 4. The maximum Gasteiger partial charge on any atom is 0.316 e. The van der Waals surface area contributed by atoms with E-state index in [-0.39, 0.29) is 30.3 Å². The van der Waals surface area contributed by atoms with Crippen LogP contribution in [0.2, 0.25) is 0 Å². The van der Waals surface area contributed by atoms with E-state index in [0.717, 1.165) is 12.8 Å². The van der Waals surface area contributed by atoms with Crippen LogP contribution in [0.5, 0.6) is 0 Å². The minimum absolute atomic E-state index is 0.117. The second-order valence-corrected chi connectivity index (χ2v) is 4.95. The first-order chi connectivity index (χ1) is 9.49. The minimum Gasteiger partial charge on any atom is -0.469 e. The van der Waals surface area contributed by atoms with Gasteiger partial charge in [-0.1, -0.05) is 0 Å². The molecule has 0 aliphatic heterocycles. The molecule has 1 rings (SSSR count). The fourth-order valence-electron chi connectivity index (χ4n) is 2.55. The molecule has 1 aliphatic rings. The third kappa shape index (κ3) is 4.43. The molecule has 2 unspecified atom stereocenters. The molecule has 6 nitrogen and oxygen atoms in total. The maximum absolute atomic E-state index is 11.8. The molecule has 2 atom stereocenters. The van der Waals surface area contributed by atoms with Gasteiger partial charge in [-0.15, -0.1) is 0 Å². The summed E-state index contributed by atoms with van der Waals surface area (Å²) in [5.74, 6) is -2.39. The van der Waals surface area contributed by atoms with Crippen LogP contribution in [0, 0.1) is 11.8 Å². The Morgan fingerprint density at radius 2 is 1.90 bits per heavy atom. The summed E-state index contributed by atoms with van der Waals surface area (Å²) in [6.07, 6.45) is 2.15. The molecular formula is C14H20O6. The summed E-state index contributed by atoms with van der Waals surface area (Å²) >= 11 is 0. The van der Waals surface area contributed by atoms with E-state index in [1.165, 1.54) is 14.2 Å². The summed E-state index contributed by atoms with van der Waals surface area (Å²) in [6.45, 7) is 0. The fraction of sp³-hybridized carbons (Fsp3) is 0.714. The predicted octanol–water partition coefficient (Wildman–Crippen LogP) is 1.06. The van der Waals surface area contributed by atoms with Gasteiger partial charge in [-0.25, -0.2) is 0 Å². The Hall–Kier alpha value is -1.72. The lowest BCUT2D eigenvalue weighted by molar-refractivity contribution is -0.154. The number of esters is 2. The van der Waals surface area contributed by atoms with Crippen LogP contribution in [0.1, 0.15) is 38.5 Å². The number of Topliss-reactive ketones (excluding diaryl/α,β-unsaturated/α-hetero) is 2. The number of methoxy groups -OCH3 is 2. The monoisotopic (exact) mass is 284 g/mol. The maximum atomic E-state index is 11.8. The molecule has 0 aromatic heterocycles. The van der Waals surface area contributed by atoms with Crippen molar-refractivity contribution < 1.29 is 28.7 Å². The first-order valence-electron chi connectivity index (χ1n) is 6.68. The third-order valence-corrected chi connectivity index (χ3v) is 3.63. The van der Waals surface area contributed by atoms with E-state index in [2.05, 4.69) is 9.47 Å². The van der Waals surface area contributed by atoms with Crippen molar-refractivity contribution in [2.45, 2.75) is 38.5 Å². The van der Waals surface area contributed by atoms with E-state index in [1.54, 1.807) is 0 Å². The van der Waals surface area contributed by atoms with Crippen molar-refractivity contribution >= 4 is 23.5 Å². The molecule has 0 bridgehead atoms. The molecule has 1 saturated carbocycles. The molecule has 0 radical (unpaired) electrons. The van der Waals surface area contributed by atoms with Crippen LogP contribution >= 0.6 is 0 Å². The van der Waals surface area contributed by atoms with E-state index in [1.807, 2.05) is 0 Å². The van der Waals surface area contributed by atoms with Crippen molar-refractivity contribution in [3.8, 4) is 0 Å². The second kappa shape index (κ2) is 7.77. The smallest absolute Gasteiger partial charge is 0.316 e. The zero-order valence-electron chi connectivity index (χ0n) is 11.8. The van der Waals surface area contributed by atoms with Gasteiger partial charge in [0.05, 0.1) is 14.2 Å². The standard InChI is InChI=1S/C14H20O6/c1-19-12(17)8-10(15)7-6-9-4-3-5-11(16)13(9)14(18)20-2/h9,13H,3-8H2,1-2H3. The Kier molecular flexibility index (Phi) is 6.35. The summed E-state index contributed by atoms with van der Waals surface area (Å²) in [7, 11) is 2.48. The average Bonchev–Trinajstić information content (AvgIpc) is 2.44. The normalized spacial score (nSPS) is 22.2. The number of ether oxygens (including phenoxy) is 2. The van der Waals surface area contributed by atoms with Crippen LogP contribution in [-0.2, 0) is 28.7 Å². The lowest BCUT2D eigenvalue weighted by atomic mass is 9.75. The van der Waals surface area contributed by atoms with E-state index < -0.39 is 17.9 Å². The Labute approximate surface area is 117 Å². The lowest BCUT2D eigenvalue weighted by Crippen LogP contribution is -2.36. The predicted molar refractivity (Wildman–Crippen MR) is 68.7 cm³/mol. The quantitative estimate of drug-likeness (QED) is 0.535. The molecule has 112 valence electrons. The van der Waals surface area contributed by atoms with Gasteiger partial charge in [0.1, 0.15) is 23.9 Å². The summed E-state index contributed by atoms with van der Waals surface area (Å²) in [4.78, 5) is 46.0. The van der Waals surface area contributed by atoms with Crippen LogP contribution < -0.4 is 0 Å². The largest absolute Gasteiger partial charge is 0.469 e. The van der Waals surface area contributed by atoms with Gasteiger partial charge >= 0.3 is 11.9 Å². The Balaban J connectivity index is 2.55. The molecule has 0 amide bonds. The van der Waals surface area contributed by atoms with Gasteiger partial charge < -0.3 is 9.47 Å². The van der Waals surface area contributed by atoms with Crippen molar-refractivity contribution in [1.29, 1.82) is 0 Å². The SMILES string of the molecule is COC(=O)CC(=O)CCC1CCCC(=O)C1C(=O)OC. The molecule has 0 spiro atoms. The van der Waals surface area contributed by atoms with Crippen molar-refractivity contribution in [2.75, 3.05) is 14.2 Å². The zero-order valence-corrected chi connectivity index (χ0v) is 11.8. The zero-order chi connectivity index (χ0) is 15.1. The molecule has 20 heavy (non-hydrogen) atoms.